The molecule has 1 aliphatic rings. The fourth-order valence-electron chi connectivity index (χ4n) is 4.44. The second-order valence-electron chi connectivity index (χ2n) is 8.35. The first-order valence-corrected chi connectivity index (χ1v) is 11.1. The summed E-state index contributed by atoms with van der Waals surface area (Å²) in [6.07, 6.45) is 1.92. The van der Waals surface area contributed by atoms with E-state index in [2.05, 4.69) is 47.2 Å². The highest BCUT2D eigenvalue weighted by Crippen LogP contribution is 2.34. The van der Waals surface area contributed by atoms with Gasteiger partial charge in [0.15, 0.2) is 0 Å². The fourth-order valence-corrected chi connectivity index (χ4v) is 5.48. The van der Waals surface area contributed by atoms with Gasteiger partial charge in [0.05, 0.1) is 26.7 Å². The van der Waals surface area contributed by atoms with Crippen molar-refractivity contribution in [3.8, 4) is 10.6 Å². The largest absolute Gasteiger partial charge is 0.367 e. The van der Waals surface area contributed by atoms with Crippen molar-refractivity contribution >= 4 is 32.8 Å². The summed E-state index contributed by atoms with van der Waals surface area (Å²) in [5.41, 5.74) is 4.40. The predicted molar refractivity (Wildman–Crippen MR) is 124 cm³/mol. The predicted octanol–water partition coefficient (Wildman–Crippen LogP) is 3.77. The van der Waals surface area contributed by atoms with E-state index in [1.807, 2.05) is 26.1 Å². The Bertz CT molecular complexity index is 1310. The molecule has 0 bridgehead atoms. The van der Waals surface area contributed by atoms with E-state index in [9.17, 15) is 4.79 Å². The van der Waals surface area contributed by atoms with Gasteiger partial charge < -0.3 is 10.2 Å². The van der Waals surface area contributed by atoms with E-state index in [1.54, 1.807) is 21.8 Å². The molecule has 6 nitrogen and oxygen atoms in total. The van der Waals surface area contributed by atoms with Gasteiger partial charge >= 0.3 is 0 Å². The highest BCUT2D eigenvalue weighted by atomic mass is 32.1. The van der Waals surface area contributed by atoms with E-state index < -0.39 is 0 Å². The van der Waals surface area contributed by atoms with Gasteiger partial charge in [-0.05, 0) is 57.3 Å². The quantitative estimate of drug-likeness (QED) is 0.536. The molecule has 2 atom stereocenters. The van der Waals surface area contributed by atoms with Crippen LogP contribution in [0.1, 0.15) is 25.2 Å². The molecule has 5 rings (SSSR count). The molecule has 2 unspecified atom stereocenters. The topological polar surface area (TPSA) is 62.5 Å². The standard InChI is InChI=1S/C23H25N5OS/c1-13-7-17-8-20(30-23(17)16(4)25-13)19-9-22(29)28-12-18(5-6-21(28)26-19)27-10-14(2)24-15(3)11-27/h5-9,12,14-15,24H,10-11H2,1-4H3. The summed E-state index contributed by atoms with van der Waals surface area (Å²) >= 11 is 1.64. The molecule has 5 heterocycles. The Morgan fingerprint density at radius 1 is 1.07 bits per heavy atom. The summed E-state index contributed by atoms with van der Waals surface area (Å²) < 4.78 is 2.80. The van der Waals surface area contributed by atoms with Gasteiger partial charge in [-0.3, -0.25) is 14.2 Å². The average molecular weight is 420 g/mol. The second kappa shape index (κ2) is 7.18. The number of aryl methyl sites for hydroxylation is 2. The minimum Gasteiger partial charge on any atom is -0.367 e. The Morgan fingerprint density at radius 2 is 1.83 bits per heavy atom. The molecule has 1 aliphatic heterocycles. The van der Waals surface area contributed by atoms with E-state index in [-0.39, 0.29) is 5.56 Å². The maximum atomic E-state index is 13.0. The number of fused-ring (bicyclic) bond motifs is 2. The van der Waals surface area contributed by atoms with Crippen LogP contribution >= 0.6 is 11.3 Å². The third-order valence-electron chi connectivity index (χ3n) is 5.62. The van der Waals surface area contributed by atoms with Crippen LogP contribution in [-0.4, -0.2) is 39.5 Å². The molecule has 4 aromatic heterocycles. The van der Waals surface area contributed by atoms with Crippen LogP contribution in [-0.2, 0) is 0 Å². The molecule has 0 radical (unpaired) electrons. The van der Waals surface area contributed by atoms with Crippen LogP contribution < -0.4 is 15.8 Å². The molecule has 1 fully saturated rings. The zero-order valence-corrected chi connectivity index (χ0v) is 18.5. The fraction of sp³-hybridized carbons (Fsp3) is 0.348. The van der Waals surface area contributed by atoms with Gasteiger partial charge in [0.1, 0.15) is 5.65 Å². The zero-order chi connectivity index (χ0) is 21.0. The molecule has 154 valence electrons. The molecule has 0 saturated carbocycles. The van der Waals surface area contributed by atoms with Crippen molar-refractivity contribution in [2.45, 2.75) is 39.8 Å². The summed E-state index contributed by atoms with van der Waals surface area (Å²) in [4.78, 5) is 25.6. The van der Waals surface area contributed by atoms with Crippen molar-refractivity contribution in [2.75, 3.05) is 18.0 Å². The van der Waals surface area contributed by atoms with E-state index >= 15 is 0 Å². The van der Waals surface area contributed by atoms with Crippen LogP contribution in [0.25, 0.3) is 26.3 Å². The lowest BCUT2D eigenvalue weighted by Crippen LogP contribution is -2.54. The van der Waals surface area contributed by atoms with Gasteiger partial charge in [0.25, 0.3) is 5.56 Å². The summed E-state index contributed by atoms with van der Waals surface area (Å²) in [6, 6.07) is 10.7. The number of rotatable bonds is 2. The first-order chi connectivity index (χ1) is 14.4. The molecule has 0 aliphatic carbocycles. The summed E-state index contributed by atoms with van der Waals surface area (Å²) in [6.45, 7) is 10.2. The summed E-state index contributed by atoms with van der Waals surface area (Å²) in [5.74, 6) is 0. The van der Waals surface area contributed by atoms with Gasteiger partial charge in [-0.15, -0.1) is 11.3 Å². The normalized spacial score (nSPS) is 19.7. The number of thiophene rings is 1. The number of nitrogens with zero attached hydrogens (tertiary/aromatic N) is 4. The SMILES string of the molecule is Cc1cc2cc(-c3cc(=O)n4cc(N5CC(C)NC(C)C5)ccc4n3)sc2c(C)n1. The van der Waals surface area contributed by atoms with Crippen molar-refractivity contribution < 1.29 is 0 Å². The molecule has 30 heavy (non-hydrogen) atoms. The lowest BCUT2D eigenvalue weighted by Gasteiger charge is -2.37. The van der Waals surface area contributed by atoms with Crippen molar-refractivity contribution in [1.29, 1.82) is 0 Å². The first kappa shape index (κ1) is 19.2. The minimum absolute atomic E-state index is 0.0587. The van der Waals surface area contributed by atoms with Gasteiger partial charge in [-0.2, -0.15) is 0 Å². The molecule has 7 heteroatoms. The van der Waals surface area contributed by atoms with E-state index in [0.29, 0.717) is 17.7 Å². The lowest BCUT2D eigenvalue weighted by atomic mass is 10.1. The van der Waals surface area contributed by atoms with Gasteiger partial charge in [-0.25, -0.2) is 4.98 Å². The highest BCUT2D eigenvalue weighted by Gasteiger charge is 2.21. The van der Waals surface area contributed by atoms with Crippen molar-refractivity contribution in [3.63, 3.8) is 0 Å². The average Bonchev–Trinajstić information content (AvgIpc) is 3.11. The summed E-state index contributed by atoms with van der Waals surface area (Å²) in [5, 5.41) is 4.70. The Balaban J connectivity index is 1.56. The number of anilines is 1. The molecule has 4 aromatic rings. The van der Waals surface area contributed by atoms with Crippen LogP contribution in [0.4, 0.5) is 5.69 Å². The molecular formula is C23H25N5OS. The van der Waals surface area contributed by atoms with Crippen molar-refractivity contribution in [1.82, 2.24) is 19.7 Å². The van der Waals surface area contributed by atoms with Crippen LogP contribution in [0, 0.1) is 13.8 Å². The highest BCUT2D eigenvalue weighted by molar-refractivity contribution is 7.22. The maximum absolute atomic E-state index is 13.0. The smallest absolute Gasteiger partial charge is 0.258 e. The first-order valence-electron chi connectivity index (χ1n) is 10.3. The number of nitrogens with one attached hydrogen (secondary N) is 1. The molecule has 0 spiro atoms. The number of hydrogen-bond donors (Lipinski definition) is 1. The second-order valence-corrected chi connectivity index (χ2v) is 9.40. The van der Waals surface area contributed by atoms with Crippen LogP contribution in [0.5, 0.6) is 0 Å². The van der Waals surface area contributed by atoms with Crippen LogP contribution in [0.15, 0.2) is 41.3 Å². The van der Waals surface area contributed by atoms with E-state index in [1.165, 1.54) is 0 Å². The Morgan fingerprint density at radius 3 is 2.60 bits per heavy atom. The number of pyridine rings is 2. The van der Waals surface area contributed by atoms with Crippen molar-refractivity contribution in [2.24, 2.45) is 0 Å². The van der Waals surface area contributed by atoms with Crippen LogP contribution in [0.2, 0.25) is 0 Å². The van der Waals surface area contributed by atoms with E-state index in [0.717, 1.165) is 50.8 Å². The van der Waals surface area contributed by atoms with Crippen LogP contribution in [0.3, 0.4) is 0 Å². The summed E-state index contributed by atoms with van der Waals surface area (Å²) in [7, 11) is 0. The van der Waals surface area contributed by atoms with Crippen molar-refractivity contribution in [3.05, 3.63) is 58.3 Å². The maximum Gasteiger partial charge on any atom is 0.258 e. The third-order valence-corrected chi connectivity index (χ3v) is 6.90. The Hall–Kier alpha value is -2.77. The van der Waals surface area contributed by atoms with Gasteiger partial charge in [0, 0.05) is 43.1 Å². The zero-order valence-electron chi connectivity index (χ0n) is 17.6. The van der Waals surface area contributed by atoms with Gasteiger partial charge in [0.2, 0.25) is 0 Å². The lowest BCUT2D eigenvalue weighted by molar-refractivity contribution is 0.407. The Kier molecular flexibility index (Phi) is 4.60. The Labute approximate surface area is 179 Å². The molecular weight excluding hydrogens is 394 g/mol. The molecule has 1 saturated heterocycles. The molecule has 1 N–H and O–H groups in total. The molecule has 0 aromatic carbocycles. The number of piperazine rings is 1. The molecule has 0 amide bonds. The van der Waals surface area contributed by atoms with Gasteiger partial charge in [-0.1, -0.05) is 0 Å². The third kappa shape index (κ3) is 3.38. The monoisotopic (exact) mass is 419 g/mol. The minimum atomic E-state index is -0.0587. The number of aromatic nitrogens is 3. The van der Waals surface area contributed by atoms with E-state index in [4.69, 9.17) is 4.98 Å². The number of hydrogen-bond acceptors (Lipinski definition) is 6.